The minimum Gasteiger partial charge on any atom is -0.346 e. The number of aromatic amines is 1. The van der Waals surface area contributed by atoms with Crippen LogP contribution < -0.4 is 5.32 Å². The fourth-order valence-electron chi connectivity index (χ4n) is 1.58. The maximum atomic E-state index is 12.7. The summed E-state index contributed by atoms with van der Waals surface area (Å²) in [5.74, 6) is -0.775. The Balaban J connectivity index is 2.15. The molecule has 2 N–H and O–H groups in total. The van der Waals surface area contributed by atoms with Crippen LogP contribution >= 0.6 is 0 Å². The number of aromatic nitrogens is 2. The van der Waals surface area contributed by atoms with E-state index in [1.54, 1.807) is 6.07 Å². The number of halogens is 3. The summed E-state index contributed by atoms with van der Waals surface area (Å²) < 4.78 is 38.2. The standard InChI is InChI=1S/C12H10F3N3O/c13-12(14,15)10-4-2-1-3-9(10)11(19)16-7-8-5-6-17-18-8/h1-6H,7H2,(H,16,19)(H,17,18). The van der Waals surface area contributed by atoms with Crippen LogP contribution in [0, 0.1) is 0 Å². The van der Waals surface area contributed by atoms with E-state index in [9.17, 15) is 18.0 Å². The molecule has 0 unspecified atom stereocenters. The maximum Gasteiger partial charge on any atom is 0.417 e. The normalized spacial score (nSPS) is 11.3. The van der Waals surface area contributed by atoms with Crippen LogP contribution in [0.4, 0.5) is 13.2 Å². The highest BCUT2D eigenvalue weighted by Crippen LogP contribution is 2.31. The lowest BCUT2D eigenvalue weighted by atomic mass is 10.1. The molecular formula is C12H10F3N3O. The van der Waals surface area contributed by atoms with E-state index in [1.807, 2.05) is 0 Å². The molecule has 1 heterocycles. The Morgan fingerprint density at radius 1 is 1.26 bits per heavy atom. The van der Waals surface area contributed by atoms with Gasteiger partial charge in [0.25, 0.3) is 5.91 Å². The fourth-order valence-corrected chi connectivity index (χ4v) is 1.58. The van der Waals surface area contributed by atoms with Gasteiger partial charge in [0.1, 0.15) is 0 Å². The van der Waals surface area contributed by atoms with Gasteiger partial charge in [0.15, 0.2) is 0 Å². The molecule has 0 saturated heterocycles. The van der Waals surface area contributed by atoms with E-state index >= 15 is 0 Å². The molecule has 0 aliphatic carbocycles. The van der Waals surface area contributed by atoms with Crippen molar-refractivity contribution in [3.05, 3.63) is 53.3 Å². The first-order valence-electron chi connectivity index (χ1n) is 5.41. The second-order valence-corrected chi connectivity index (χ2v) is 3.81. The monoisotopic (exact) mass is 269 g/mol. The highest BCUT2D eigenvalue weighted by molar-refractivity contribution is 5.95. The van der Waals surface area contributed by atoms with Crippen molar-refractivity contribution in [2.45, 2.75) is 12.7 Å². The molecule has 2 rings (SSSR count). The van der Waals surface area contributed by atoms with Crippen LogP contribution in [0.25, 0.3) is 0 Å². The van der Waals surface area contributed by atoms with E-state index in [1.165, 1.54) is 18.3 Å². The molecule has 1 amide bonds. The third-order valence-electron chi connectivity index (χ3n) is 2.47. The van der Waals surface area contributed by atoms with E-state index in [4.69, 9.17) is 0 Å². The van der Waals surface area contributed by atoms with E-state index in [-0.39, 0.29) is 6.54 Å². The molecule has 1 aromatic carbocycles. The molecule has 19 heavy (non-hydrogen) atoms. The molecule has 1 aromatic heterocycles. The number of nitrogens with zero attached hydrogens (tertiary/aromatic N) is 1. The number of hydrogen-bond donors (Lipinski definition) is 2. The molecule has 100 valence electrons. The Kier molecular flexibility index (Phi) is 3.55. The Hall–Kier alpha value is -2.31. The van der Waals surface area contributed by atoms with Gasteiger partial charge in [-0.15, -0.1) is 0 Å². The zero-order chi connectivity index (χ0) is 13.9. The molecule has 0 aliphatic rings. The van der Waals surface area contributed by atoms with Crippen LogP contribution in [0.2, 0.25) is 0 Å². The lowest BCUT2D eigenvalue weighted by molar-refractivity contribution is -0.137. The van der Waals surface area contributed by atoms with Gasteiger partial charge < -0.3 is 5.32 Å². The average Bonchev–Trinajstić information content (AvgIpc) is 2.88. The summed E-state index contributed by atoms with van der Waals surface area (Å²) >= 11 is 0. The first-order valence-corrected chi connectivity index (χ1v) is 5.41. The van der Waals surface area contributed by atoms with Crippen molar-refractivity contribution in [2.24, 2.45) is 0 Å². The molecule has 7 heteroatoms. The van der Waals surface area contributed by atoms with Crippen LogP contribution in [-0.4, -0.2) is 16.1 Å². The smallest absolute Gasteiger partial charge is 0.346 e. The Labute approximate surface area is 106 Å². The van der Waals surface area contributed by atoms with Crippen LogP contribution in [0.1, 0.15) is 21.6 Å². The lowest BCUT2D eigenvalue weighted by Crippen LogP contribution is -2.26. The van der Waals surface area contributed by atoms with Crippen molar-refractivity contribution >= 4 is 5.91 Å². The SMILES string of the molecule is O=C(NCc1ccn[nH]1)c1ccccc1C(F)(F)F. The van der Waals surface area contributed by atoms with E-state index in [2.05, 4.69) is 15.5 Å². The van der Waals surface area contributed by atoms with Crippen molar-refractivity contribution < 1.29 is 18.0 Å². The third kappa shape index (κ3) is 3.12. The van der Waals surface area contributed by atoms with Gasteiger partial charge in [0, 0.05) is 6.20 Å². The second kappa shape index (κ2) is 5.13. The zero-order valence-electron chi connectivity index (χ0n) is 9.66. The van der Waals surface area contributed by atoms with Crippen molar-refractivity contribution in [1.29, 1.82) is 0 Å². The third-order valence-corrected chi connectivity index (χ3v) is 2.47. The summed E-state index contributed by atoms with van der Waals surface area (Å²) in [6.07, 6.45) is -3.06. The largest absolute Gasteiger partial charge is 0.417 e. The minimum atomic E-state index is -4.55. The molecular weight excluding hydrogens is 259 g/mol. The summed E-state index contributed by atoms with van der Waals surface area (Å²) in [6.45, 7) is 0.0883. The molecule has 0 saturated carbocycles. The molecule has 0 radical (unpaired) electrons. The quantitative estimate of drug-likeness (QED) is 0.898. The fraction of sp³-hybridized carbons (Fsp3) is 0.167. The van der Waals surface area contributed by atoms with Crippen LogP contribution in [-0.2, 0) is 12.7 Å². The van der Waals surface area contributed by atoms with Crippen LogP contribution in [0.5, 0.6) is 0 Å². The van der Waals surface area contributed by atoms with E-state index in [0.717, 1.165) is 12.1 Å². The van der Waals surface area contributed by atoms with E-state index < -0.39 is 23.2 Å². The average molecular weight is 269 g/mol. The maximum absolute atomic E-state index is 12.7. The number of nitrogens with one attached hydrogen (secondary N) is 2. The Bertz CT molecular complexity index is 564. The Morgan fingerprint density at radius 2 is 2.00 bits per heavy atom. The number of rotatable bonds is 3. The van der Waals surface area contributed by atoms with Crippen LogP contribution in [0.3, 0.4) is 0 Å². The highest BCUT2D eigenvalue weighted by atomic mass is 19.4. The molecule has 0 fully saturated rings. The van der Waals surface area contributed by atoms with Gasteiger partial charge in [-0.25, -0.2) is 0 Å². The van der Waals surface area contributed by atoms with Crippen molar-refractivity contribution in [3.8, 4) is 0 Å². The number of benzene rings is 1. The summed E-state index contributed by atoms with van der Waals surface area (Å²) in [7, 11) is 0. The number of H-pyrrole nitrogens is 1. The van der Waals surface area contributed by atoms with Gasteiger partial charge in [-0.05, 0) is 18.2 Å². The zero-order valence-corrected chi connectivity index (χ0v) is 9.66. The highest BCUT2D eigenvalue weighted by Gasteiger charge is 2.34. The van der Waals surface area contributed by atoms with Crippen LogP contribution in [0.15, 0.2) is 36.5 Å². The van der Waals surface area contributed by atoms with Gasteiger partial charge in [0.05, 0.1) is 23.4 Å². The topological polar surface area (TPSA) is 57.8 Å². The lowest BCUT2D eigenvalue weighted by Gasteiger charge is -2.12. The summed E-state index contributed by atoms with van der Waals surface area (Å²) in [5.41, 5.74) is -0.732. The number of amides is 1. The molecule has 4 nitrogen and oxygen atoms in total. The summed E-state index contributed by atoms with van der Waals surface area (Å²) in [5, 5.41) is 8.68. The van der Waals surface area contributed by atoms with Crippen molar-refractivity contribution in [1.82, 2.24) is 15.5 Å². The first kappa shape index (κ1) is 13.1. The predicted molar refractivity (Wildman–Crippen MR) is 61.2 cm³/mol. The van der Waals surface area contributed by atoms with Gasteiger partial charge in [-0.2, -0.15) is 18.3 Å². The van der Waals surface area contributed by atoms with Crippen molar-refractivity contribution in [2.75, 3.05) is 0 Å². The Morgan fingerprint density at radius 3 is 2.63 bits per heavy atom. The molecule has 0 spiro atoms. The molecule has 2 aromatic rings. The van der Waals surface area contributed by atoms with Gasteiger partial charge >= 0.3 is 6.18 Å². The summed E-state index contributed by atoms with van der Waals surface area (Å²) in [6, 6.07) is 6.28. The van der Waals surface area contributed by atoms with Gasteiger partial charge in [0.2, 0.25) is 0 Å². The second-order valence-electron chi connectivity index (χ2n) is 3.81. The number of carbonyl (C=O) groups excluding carboxylic acids is 1. The van der Waals surface area contributed by atoms with E-state index in [0.29, 0.717) is 5.69 Å². The first-order chi connectivity index (χ1) is 8.98. The molecule has 0 atom stereocenters. The van der Waals surface area contributed by atoms with Crippen molar-refractivity contribution in [3.63, 3.8) is 0 Å². The minimum absolute atomic E-state index is 0.0883. The van der Waals surface area contributed by atoms with Gasteiger partial charge in [-0.3, -0.25) is 9.89 Å². The number of carbonyl (C=O) groups is 1. The predicted octanol–water partition coefficient (Wildman–Crippen LogP) is 2.36. The molecule has 0 bridgehead atoms. The number of alkyl halides is 3. The number of hydrogen-bond acceptors (Lipinski definition) is 2. The summed E-state index contributed by atoms with van der Waals surface area (Å²) in [4.78, 5) is 11.8. The van der Waals surface area contributed by atoms with Gasteiger partial charge in [-0.1, -0.05) is 12.1 Å². The molecule has 0 aliphatic heterocycles.